The van der Waals surface area contributed by atoms with Crippen molar-refractivity contribution < 1.29 is 14.3 Å². The first-order chi connectivity index (χ1) is 14.0. The summed E-state index contributed by atoms with van der Waals surface area (Å²) in [7, 11) is 1.75. The van der Waals surface area contributed by atoms with Crippen LogP contribution in [-0.2, 0) is 20.7 Å². The smallest absolute Gasteiger partial charge is 0.223 e. The zero-order chi connectivity index (χ0) is 20.7. The van der Waals surface area contributed by atoms with Gasteiger partial charge < -0.3 is 15.4 Å². The third-order valence-corrected chi connectivity index (χ3v) is 6.55. The average molecular weight is 402 g/mol. The highest BCUT2D eigenvalue weighted by molar-refractivity contribution is 5.87. The fourth-order valence-electron chi connectivity index (χ4n) is 4.84. The number of aryl methyl sites for hydroxylation is 1. The fourth-order valence-corrected chi connectivity index (χ4v) is 4.84. The number of ether oxygens (including phenoxy) is 1. The lowest BCUT2D eigenvalue weighted by Crippen LogP contribution is -2.52. The molecule has 2 aliphatic carbocycles. The maximum atomic E-state index is 13.1. The standard InChI is InChI=1S/C23H35N3O3/c1-17(27)25-21-10-9-18(16-24-21)11-14-23(12-4-3-5-13-23)26-22(28)19-7-6-8-20(15-19)29-2/h9-10,16,19-20H,3-8,11-15H2,1-2H3,(H,26,28)(H,24,25,27)/t19-,20-/m1/s1. The zero-order valence-corrected chi connectivity index (χ0v) is 17.8. The summed E-state index contributed by atoms with van der Waals surface area (Å²) in [4.78, 5) is 28.5. The molecule has 3 rings (SSSR count). The van der Waals surface area contributed by atoms with Gasteiger partial charge in [-0.25, -0.2) is 4.98 Å². The molecule has 0 aliphatic heterocycles. The van der Waals surface area contributed by atoms with Crippen LogP contribution in [0.4, 0.5) is 5.82 Å². The molecule has 2 N–H and O–H groups in total. The third-order valence-electron chi connectivity index (χ3n) is 6.55. The van der Waals surface area contributed by atoms with Crippen LogP contribution in [0.3, 0.4) is 0 Å². The van der Waals surface area contributed by atoms with E-state index in [1.807, 2.05) is 18.3 Å². The fraction of sp³-hybridized carbons (Fsp3) is 0.696. The summed E-state index contributed by atoms with van der Waals surface area (Å²) in [5, 5.41) is 6.18. The minimum Gasteiger partial charge on any atom is -0.381 e. The van der Waals surface area contributed by atoms with E-state index in [0.717, 1.165) is 56.9 Å². The summed E-state index contributed by atoms with van der Waals surface area (Å²) in [5.41, 5.74) is 1.03. The molecule has 0 spiro atoms. The van der Waals surface area contributed by atoms with E-state index in [0.29, 0.717) is 5.82 Å². The van der Waals surface area contributed by atoms with E-state index in [-0.39, 0.29) is 29.4 Å². The van der Waals surface area contributed by atoms with Crippen LogP contribution in [0.25, 0.3) is 0 Å². The zero-order valence-electron chi connectivity index (χ0n) is 17.8. The summed E-state index contributed by atoms with van der Waals surface area (Å²) in [6.45, 7) is 1.48. The molecule has 0 bridgehead atoms. The van der Waals surface area contributed by atoms with E-state index >= 15 is 0 Å². The molecule has 0 radical (unpaired) electrons. The minimum absolute atomic E-state index is 0.0751. The molecule has 29 heavy (non-hydrogen) atoms. The summed E-state index contributed by atoms with van der Waals surface area (Å²) >= 11 is 0. The van der Waals surface area contributed by atoms with Crippen LogP contribution in [0.5, 0.6) is 0 Å². The molecule has 2 fully saturated rings. The van der Waals surface area contributed by atoms with E-state index in [9.17, 15) is 9.59 Å². The van der Waals surface area contributed by atoms with E-state index in [1.54, 1.807) is 7.11 Å². The van der Waals surface area contributed by atoms with Crippen molar-refractivity contribution in [1.29, 1.82) is 0 Å². The summed E-state index contributed by atoms with van der Waals surface area (Å²) in [5.74, 6) is 0.748. The molecule has 2 atom stereocenters. The van der Waals surface area contributed by atoms with Crippen LogP contribution < -0.4 is 10.6 Å². The highest BCUT2D eigenvalue weighted by atomic mass is 16.5. The maximum absolute atomic E-state index is 13.1. The number of amides is 2. The highest BCUT2D eigenvalue weighted by Crippen LogP contribution is 2.34. The second kappa shape index (κ2) is 10.2. The predicted molar refractivity (Wildman–Crippen MR) is 114 cm³/mol. The topological polar surface area (TPSA) is 80.3 Å². The molecular weight excluding hydrogens is 366 g/mol. The number of nitrogens with one attached hydrogen (secondary N) is 2. The number of aromatic nitrogens is 1. The molecule has 1 heterocycles. The first-order valence-corrected chi connectivity index (χ1v) is 11.1. The van der Waals surface area contributed by atoms with Gasteiger partial charge >= 0.3 is 0 Å². The molecule has 1 aromatic rings. The van der Waals surface area contributed by atoms with Crippen molar-refractivity contribution in [3.63, 3.8) is 0 Å². The van der Waals surface area contributed by atoms with Crippen molar-refractivity contribution in [2.75, 3.05) is 12.4 Å². The van der Waals surface area contributed by atoms with Crippen molar-refractivity contribution in [2.24, 2.45) is 5.92 Å². The number of hydrogen-bond acceptors (Lipinski definition) is 4. The summed E-state index contributed by atoms with van der Waals surface area (Å²) < 4.78 is 5.51. The lowest BCUT2D eigenvalue weighted by atomic mass is 9.77. The van der Waals surface area contributed by atoms with E-state index in [4.69, 9.17) is 4.74 Å². The Morgan fingerprint density at radius 3 is 2.62 bits per heavy atom. The predicted octanol–water partition coefficient (Wildman–Crippen LogP) is 4.00. The monoisotopic (exact) mass is 401 g/mol. The molecule has 2 saturated carbocycles. The van der Waals surface area contributed by atoms with E-state index < -0.39 is 0 Å². The first-order valence-electron chi connectivity index (χ1n) is 11.1. The van der Waals surface area contributed by atoms with Crippen LogP contribution >= 0.6 is 0 Å². The lowest BCUT2D eigenvalue weighted by molar-refractivity contribution is -0.130. The molecule has 2 amide bonds. The van der Waals surface area contributed by atoms with E-state index in [2.05, 4.69) is 15.6 Å². The molecule has 0 unspecified atom stereocenters. The Bertz CT molecular complexity index is 683. The van der Waals surface area contributed by atoms with Crippen molar-refractivity contribution in [1.82, 2.24) is 10.3 Å². The Labute approximate surface area is 174 Å². The summed E-state index contributed by atoms with van der Waals surface area (Å²) in [6, 6.07) is 3.86. The number of hydrogen-bond donors (Lipinski definition) is 2. The van der Waals surface area contributed by atoms with Gasteiger partial charge in [-0.2, -0.15) is 0 Å². The van der Waals surface area contributed by atoms with Crippen LogP contribution in [0.1, 0.15) is 76.7 Å². The van der Waals surface area contributed by atoms with Crippen molar-refractivity contribution in [3.05, 3.63) is 23.9 Å². The Morgan fingerprint density at radius 2 is 1.97 bits per heavy atom. The molecule has 6 nitrogen and oxygen atoms in total. The number of carbonyl (C=O) groups is 2. The molecule has 0 aromatic carbocycles. The Kier molecular flexibility index (Phi) is 7.64. The highest BCUT2D eigenvalue weighted by Gasteiger charge is 2.36. The Hall–Kier alpha value is -1.95. The second-order valence-electron chi connectivity index (χ2n) is 8.78. The van der Waals surface area contributed by atoms with Gasteiger partial charge in [-0.15, -0.1) is 0 Å². The molecule has 2 aliphatic rings. The number of carbonyl (C=O) groups excluding carboxylic acids is 2. The number of pyridine rings is 1. The van der Waals surface area contributed by atoms with Gasteiger partial charge in [-0.3, -0.25) is 9.59 Å². The van der Waals surface area contributed by atoms with Gasteiger partial charge in [0.15, 0.2) is 0 Å². The second-order valence-corrected chi connectivity index (χ2v) is 8.78. The number of methoxy groups -OCH3 is 1. The first kappa shape index (κ1) is 21.8. The molecule has 0 saturated heterocycles. The van der Waals surface area contributed by atoms with E-state index in [1.165, 1.54) is 26.2 Å². The van der Waals surface area contributed by atoms with Crippen molar-refractivity contribution >= 4 is 17.6 Å². The van der Waals surface area contributed by atoms with Crippen LogP contribution in [0.15, 0.2) is 18.3 Å². The van der Waals surface area contributed by atoms with Gasteiger partial charge in [0.2, 0.25) is 11.8 Å². The van der Waals surface area contributed by atoms with Gasteiger partial charge in [0.05, 0.1) is 6.10 Å². The molecule has 6 heteroatoms. The van der Waals surface area contributed by atoms with Gasteiger partial charge in [-0.1, -0.05) is 31.7 Å². The number of nitrogens with zero attached hydrogens (tertiary/aromatic N) is 1. The third kappa shape index (κ3) is 6.26. The molecule has 160 valence electrons. The normalized spacial score (nSPS) is 23.9. The number of anilines is 1. The molecular formula is C23H35N3O3. The van der Waals surface area contributed by atoms with Crippen LogP contribution in [0.2, 0.25) is 0 Å². The summed E-state index contributed by atoms with van der Waals surface area (Å²) in [6.07, 6.45) is 13.5. The van der Waals surface area contributed by atoms with Crippen molar-refractivity contribution in [2.45, 2.75) is 89.2 Å². The average Bonchev–Trinajstić information content (AvgIpc) is 2.73. The SMILES string of the molecule is CO[C@@H]1CCC[C@@H](C(=O)NC2(CCc3ccc(NC(C)=O)nc3)CCCCC2)C1. The number of rotatable bonds is 7. The maximum Gasteiger partial charge on any atom is 0.223 e. The van der Waals surface area contributed by atoms with Crippen molar-refractivity contribution in [3.8, 4) is 0 Å². The quantitative estimate of drug-likeness (QED) is 0.724. The van der Waals surface area contributed by atoms with Gasteiger partial charge in [0.25, 0.3) is 0 Å². The van der Waals surface area contributed by atoms with Crippen LogP contribution in [0, 0.1) is 5.92 Å². The minimum atomic E-state index is -0.118. The lowest BCUT2D eigenvalue weighted by Gasteiger charge is -2.40. The largest absolute Gasteiger partial charge is 0.381 e. The Balaban J connectivity index is 1.61. The Morgan fingerprint density at radius 1 is 1.17 bits per heavy atom. The van der Waals surface area contributed by atoms with Gasteiger partial charge in [0, 0.05) is 31.7 Å². The molecule has 1 aromatic heterocycles. The van der Waals surface area contributed by atoms with Gasteiger partial charge in [0.1, 0.15) is 5.82 Å². The van der Waals surface area contributed by atoms with Crippen LogP contribution in [-0.4, -0.2) is 35.6 Å². The van der Waals surface area contributed by atoms with Gasteiger partial charge in [-0.05, 0) is 56.6 Å².